The van der Waals surface area contributed by atoms with Gasteiger partial charge in [-0.2, -0.15) is 0 Å². The molecular formula is C13H12N4O2S2. The molecule has 1 aromatic carbocycles. The zero-order chi connectivity index (χ0) is 15.0. The second kappa shape index (κ2) is 5.45. The molecule has 3 N–H and O–H groups in total. The van der Waals surface area contributed by atoms with Crippen molar-refractivity contribution in [3.8, 4) is 0 Å². The number of carbonyl (C=O) groups is 2. The predicted octanol–water partition coefficient (Wildman–Crippen LogP) is 2.15. The summed E-state index contributed by atoms with van der Waals surface area (Å²) in [6.45, 7) is 1.83. The quantitative estimate of drug-likeness (QED) is 0.661. The van der Waals surface area contributed by atoms with Gasteiger partial charge in [0.2, 0.25) is 11.0 Å². The lowest BCUT2D eigenvalue weighted by Gasteiger charge is -2.04. The number of hydrogen-bond donors (Lipinski definition) is 2. The van der Waals surface area contributed by atoms with E-state index in [0.29, 0.717) is 15.0 Å². The molecule has 2 heterocycles. The number of nitrogens with zero attached hydrogens (tertiary/aromatic N) is 2. The summed E-state index contributed by atoms with van der Waals surface area (Å²) in [6, 6.07) is 5.29. The first-order valence-corrected chi connectivity index (χ1v) is 8.04. The molecule has 1 aromatic heterocycles. The van der Waals surface area contributed by atoms with Gasteiger partial charge in [0, 0.05) is 11.3 Å². The van der Waals surface area contributed by atoms with Gasteiger partial charge in [-0.25, -0.2) is 0 Å². The number of nitrogens with one attached hydrogen (secondary N) is 1. The molecule has 1 aliphatic rings. The van der Waals surface area contributed by atoms with Crippen LogP contribution >= 0.6 is 23.1 Å². The van der Waals surface area contributed by atoms with Crippen LogP contribution in [0.4, 0.5) is 10.8 Å². The molecule has 0 saturated carbocycles. The normalized spacial score (nSPS) is 16.6. The number of nitrogens with two attached hydrogens (primary N) is 1. The van der Waals surface area contributed by atoms with Gasteiger partial charge in [0.15, 0.2) is 10.1 Å². The molecule has 0 fully saturated rings. The number of Topliss-reactive ketones (excluding diaryl/α,β-unsaturated/α-hetero) is 1. The van der Waals surface area contributed by atoms with Gasteiger partial charge in [-0.1, -0.05) is 23.1 Å². The molecule has 0 aliphatic carbocycles. The molecule has 1 aliphatic heterocycles. The summed E-state index contributed by atoms with van der Waals surface area (Å²) in [4.78, 5) is 23.8. The van der Waals surface area contributed by atoms with E-state index in [1.54, 1.807) is 18.2 Å². The highest BCUT2D eigenvalue weighted by Gasteiger charge is 2.27. The Morgan fingerprint density at radius 3 is 3.00 bits per heavy atom. The molecule has 3 rings (SSSR count). The third kappa shape index (κ3) is 2.77. The Labute approximate surface area is 129 Å². The van der Waals surface area contributed by atoms with E-state index >= 15 is 0 Å². The number of hydrogen-bond acceptors (Lipinski definition) is 7. The van der Waals surface area contributed by atoms with E-state index < -0.39 is 0 Å². The summed E-state index contributed by atoms with van der Waals surface area (Å²) in [7, 11) is 0. The topological polar surface area (TPSA) is 98.0 Å². The molecule has 1 amide bonds. The minimum atomic E-state index is -0.219. The van der Waals surface area contributed by atoms with Crippen LogP contribution in [0, 0.1) is 0 Å². The van der Waals surface area contributed by atoms with E-state index in [1.807, 2.05) is 6.92 Å². The maximum absolute atomic E-state index is 12.2. The summed E-state index contributed by atoms with van der Waals surface area (Å²) in [6.07, 6.45) is 0. The van der Waals surface area contributed by atoms with Crippen molar-refractivity contribution >= 4 is 45.6 Å². The van der Waals surface area contributed by atoms with Gasteiger partial charge in [-0.05, 0) is 30.7 Å². The number of aromatic nitrogens is 2. The van der Waals surface area contributed by atoms with Crippen molar-refractivity contribution in [2.24, 2.45) is 0 Å². The Morgan fingerprint density at radius 2 is 2.29 bits per heavy atom. The van der Waals surface area contributed by atoms with Gasteiger partial charge in [-0.3, -0.25) is 9.59 Å². The van der Waals surface area contributed by atoms with Gasteiger partial charge in [0.05, 0.1) is 11.7 Å². The fourth-order valence-corrected chi connectivity index (χ4v) is 3.61. The van der Waals surface area contributed by atoms with Crippen LogP contribution in [0.3, 0.4) is 0 Å². The molecule has 0 saturated heterocycles. The summed E-state index contributed by atoms with van der Waals surface area (Å²) in [5.74, 6) is 0.00296. The number of ketones is 1. The number of rotatable bonds is 4. The lowest BCUT2D eigenvalue weighted by molar-refractivity contribution is -0.116. The second-order valence-corrected chi connectivity index (χ2v) is 6.86. The van der Waals surface area contributed by atoms with Crippen molar-refractivity contribution in [1.29, 1.82) is 0 Å². The number of benzene rings is 1. The number of anilines is 2. The number of thioether (sulfide) groups is 1. The maximum atomic E-state index is 12.2. The first-order valence-electron chi connectivity index (χ1n) is 6.24. The minimum absolute atomic E-state index is 0.0110. The molecule has 0 unspecified atom stereocenters. The Balaban J connectivity index is 1.72. The molecule has 0 bridgehead atoms. The van der Waals surface area contributed by atoms with Crippen molar-refractivity contribution in [1.82, 2.24) is 10.2 Å². The molecular weight excluding hydrogens is 308 g/mol. The molecule has 0 spiro atoms. The molecule has 8 heteroatoms. The standard InChI is InChI=1S/C13H12N4O2S2/c1-6-8-4-7(2-3-9(8)15-11(6)19)10(18)5-20-13-17-16-12(14)21-13/h2-4,6H,5H2,1H3,(H2,14,16)(H,15,19)/t6-/m0/s1. The van der Waals surface area contributed by atoms with Crippen LogP contribution in [0.15, 0.2) is 22.5 Å². The van der Waals surface area contributed by atoms with Gasteiger partial charge in [-0.15, -0.1) is 10.2 Å². The predicted molar refractivity (Wildman–Crippen MR) is 82.9 cm³/mol. The zero-order valence-corrected chi connectivity index (χ0v) is 12.8. The molecule has 1 atom stereocenters. The molecule has 0 radical (unpaired) electrons. The monoisotopic (exact) mass is 320 g/mol. The highest BCUT2D eigenvalue weighted by atomic mass is 32.2. The van der Waals surface area contributed by atoms with E-state index in [2.05, 4.69) is 15.5 Å². The van der Waals surface area contributed by atoms with Crippen molar-refractivity contribution < 1.29 is 9.59 Å². The largest absolute Gasteiger partial charge is 0.374 e. The fourth-order valence-electron chi connectivity index (χ4n) is 2.08. The SMILES string of the molecule is C[C@@H]1C(=O)Nc2ccc(C(=O)CSc3nnc(N)s3)cc21. The van der Waals surface area contributed by atoms with Crippen LogP contribution < -0.4 is 11.1 Å². The molecule has 6 nitrogen and oxygen atoms in total. The van der Waals surface area contributed by atoms with E-state index in [9.17, 15) is 9.59 Å². The maximum Gasteiger partial charge on any atom is 0.231 e. The van der Waals surface area contributed by atoms with Gasteiger partial charge >= 0.3 is 0 Å². The Bertz CT molecular complexity index is 729. The van der Waals surface area contributed by atoms with Crippen molar-refractivity contribution in [3.63, 3.8) is 0 Å². The van der Waals surface area contributed by atoms with Gasteiger partial charge < -0.3 is 11.1 Å². The summed E-state index contributed by atoms with van der Waals surface area (Å²) in [5.41, 5.74) is 7.75. The Morgan fingerprint density at radius 1 is 1.48 bits per heavy atom. The Kier molecular flexibility index (Phi) is 3.64. The average molecular weight is 320 g/mol. The van der Waals surface area contributed by atoms with Crippen LogP contribution in [0.1, 0.15) is 28.8 Å². The first-order chi connectivity index (χ1) is 10.0. The van der Waals surface area contributed by atoms with Crippen LogP contribution in [-0.4, -0.2) is 27.6 Å². The summed E-state index contributed by atoms with van der Waals surface area (Å²) >= 11 is 2.57. The molecule has 21 heavy (non-hydrogen) atoms. The van der Waals surface area contributed by atoms with E-state index in [0.717, 1.165) is 11.3 Å². The Hall–Kier alpha value is -1.93. The third-order valence-electron chi connectivity index (χ3n) is 3.24. The van der Waals surface area contributed by atoms with Crippen LogP contribution in [0.2, 0.25) is 0 Å². The second-order valence-electron chi connectivity index (χ2n) is 4.63. The number of carbonyl (C=O) groups excluding carboxylic acids is 2. The third-order valence-corrected chi connectivity index (χ3v) is 5.13. The van der Waals surface area contributed by atoms with Crippen LogP contribution in [0.25, 0.3) is 0 Å². The minimum Gasteiger partial charge on any atom is -0.374 e. The summed E-state index contributed by atoms with van der Waals surface area (Å²) in [5, 5.41) is 10.7. The molecule has 2 aromatic rings. The van der Waals surface area contributed by atoms with Crippen molar-refractivity contribution in [2.75, 3.05) is 16.8 Å². The average Bonchev–Trinajstić information content (AvgIpc) is 3.01. The van der Waals surface area contributed by atoms with E-state index in [4.69, 9.17) is 5.73 Å². The fraction of sp³-hybridized carbons (Fsp3) is 0.231. The lowest BCUT2D eigenvalue weighted by atomic mass is 9.99. The van der Waals surface area contributed by atoms with Crippen molar-refractivity contribution in [2.45, 2.75) is 17.2 Å². The highest BCUT2D eigenvalue weighted by Crippen LogP contribution is 2.33. The zero-order valence-electron chi connectivity index (χ0n) is 11.1. The smallest absolute Gasteiger partial charge is 0.231 e. The van der Waals surface area contributed by atoms with Crippen LogP contribution in [-0.2, 0) is 4.79 Å². The first kappa shape index (κ1) is 14.0. The van der Waals surface area contributed by atoms with Crippen LogP contribution in [0.5, 0.6) is 0 Å². The molecule has 108 valence electrons. The van der Waals surface area contributed by atoms with E-state index in [1.165, 1.54) is 23.1 Å². The number of nitrogen functional groups attached to an aromatic ring is 1. The van der Waals surface area contributed by atoms with Crippen molar-refractivity contribution in [3.05, 3.63) is 29.3 Å². The number of amides is 1. The lowest BCUT2D eigenvalue weighted by Crippen LogP contribution is -2.08. The highest BCUT2D eigenvalue weighted by molar-refractivity contribution is 8.01. The van der Waals surface area contributed by atoms with Gasteiger partial charge in [0.25, 0.3) is 0 Å². The van der Waals surface area contributed by atoms with E-state index in [-0.39, 0.29) is 23.4 Å². The van der Waals surface area contributed by atoms with Gasteiger partial charge in [0.1, 0.15) is 0 Å². The summed E-state index contributed by atoms with van der Waals surface area (Å²) < 4.78 is 0.673. The number of fused-ring (bicyclic) bond motifs is 1.